The first kappa shape index (κ1) is 18.1. The molecule has 0 spiro atoms. The molecule has 0 radical (unpaired) electrons. The minimum absolute atomic E-state index is 0.227. The Morgan fingerprint density at radius 1 is 0.963 bits per heavy atom. The topological polar surface area (TPSA) is 93.2 Å². The van der Waals surface area contributed by atoms with Crippen molar-refractivity contribution in [2.75, 3.05) is 12.4 Å². The van der Waals surface area contributed by atoms with E-state index in [4.69, 9.17) is 4.74 Å². The average Bonchev–Trinajstić information content (AvgIpc) is 2.72. The summed E-state index contributed by atoms with van der Waals surface area (Å²) < 4.78 is 4.72. The van der Waals surface area contributed by atoms with Gasteiger partial charge in [-0.2, -0.15) is 0 Å². The zero-order chi connectivity index (χ0) is 19.1. The number of amides is 1. The van der Waals surface area contributed by atoms with Crippen LogP contribution in [-0.2, 0) is 11.3 Å². The molecule has 0 atom stereocenters. The molecule has 1 aromatic carbocycles. The molecule has 0 saturated carbocycles. The Balaban J connectivity index is 1.68. The van der Waals surface area contributed by atoms with E-state index in [9.17, 15) is 9.59 Å². The first-order valence-corrected chi connectivity index (χ1v) is 8.25. The van der Waals surface area contributed by atoms with Gasteiger partial charge in [0.05, 0.1) is 24.9 Å². The largest absolute Gasteiger partial charge is 0.465 e. The molecule has 0 aliphatic heterocycles. The number of ether oxygens (including phenoxy) is 1. The van der Waals surface area contributed by atoms with E-state index in [-0.39, 0.29) is 5.91 Å². The average molecular weight is 362 g/mol. The summed E-state index contributed by atoms with van der Waals surface area (Å²) in [4.78, 5) is 32.4. The van der Waals surface area contributed by atoms with Gasteiger partial charge in [-0.05, 0) is 42.5 Å². The van der Waals surface area contributed by atoms with Gasteiger partial charge >= 0.3 is 5.97 Å². The van der Waals surface area contributed by atoms with Crippen LogP contribution in [0.3, 0.4) is 0 Å². The van der Waals surface area contributed by atoms with Gasteiger partial charge in [0.15, 0.2) is 0 Å². The summed E-state index contributed by atoms with van der Waals surface area (Å²) in [6.07, 6.45) is 3.22. The summed E-state index contributed by atoms with van der Waals surface area (Å²) in [7, 11) is 1.33. The first-order valence-electron chi connectivity index (χ1n) is 8.25. The van der Waals surface area contributed by atoms with Crippen molar-refractivity contribution in [1.82, 2.24) is 15.3 Å². The summed E-state index contributed by atoms with van der Waals surface area (Å²) in [6.45, 7) is 0.339. The highest BCUT2D eigenvalue weighted by Crippen LogP contribution is 2.17. The third-order valence-corrected chi connectivity index (χ3v) is 3.73. The van der Waals surface area contributed by atoms with Gasteiger partial charge in [0.25, 0.3) is 5.91 Å². The molecule has 1 amide bonds. The fourth-order valence-electron chi connectivity index (χ4n) is 2.41. The van der Waals surface area contributed by atoms with Gasteiger partial charge in [0.2, 0.25) is 0 Å². The third-order valence-electron chi connectivity index (χ3n) is 3.73. The van der Waals surface area contributed by atoms with E-state index in [0.29, 0.717) is 29.2 Å². The Hall–Kier alpha value is -3.74. The number of anilines is 2. The van der Waals surface area contributed by atoms with Gasteiger partial charge in [0.1, 0.15) is 5.82 Å². The van der Waals surface area contributed by atoms with Crippen LogP contribution in [0.2, 0.25) is 0 Å². The Kier molecular flexibility index (Phi) is 5.73. The Labute approximate surface area is 156 Å². The molecule has 0 fully saturated rings. The van der Waals surface area contributed by atoms with Crippen molar-refractivity contribution in [2.45, 2.75) is 6.54 Å². The van der Waals surface area contributed by atoms with Gasteiger partial charge in [-0.15, -0.1) is 0 Å². The summed E-state index contributed by atoms with van der Waals surface area (Å²) >= 11 is 0. The molecule has 2 aromatic heterocycles. The fraction of sp³-hybridized carbons (Fsp3) is 0.100. The number of carbonyl (C=O) groups is 2. The highest BCUT2D eigenvalue weighted by Gasteiger charge is 2.09. The molecular weight excluding hydrogens is 344 g/mol. The molecular formula is C20H18N4O3. The summed E-state index contributed by atoms with van der Waals surface area (Å²) in [5.74, 6) is -0.161. The maximum absolute atomic E-state index is 12.3. The number of esters is 1. The lowest BCUT2D eigenvalue weighted by Crippen LogP contribution is -2.23. The number of nitrogens with zero attached hydrogens (tertiary/aromatic N) is 2. The number of benzene rings is 1. The van der Waals surface area contributed by atoms with E-state index in [1.165, 1.54) is 7.11 Å². The highest BCUT2D eigenvalue weighted by molar-refractivity contribution is 5.95. The number of methoxy groups -OCH3 is 1. The van der Waals surface area contributed by atoms with E-state index in [1.54, 1.807) is 48.8 Å². The number of nitrogens with one attached hydrogen (secondary N) is 2. The smallest absolute Gasteiger partial charge is 0.337 e. The van der Waals surface area contributed by atoms with Crippen molar-refractivity contribution in [2.24, 2.45) is 0 Å². The summed E-state index contributed by atoms with van der Waals surface area (Å²) in [5.41, 5.74) is 2.33. The quantitative estimate of drug-likeness (QED) is 0.655. The maximum Gasteiger partial charge on any atom is 0.337 e. The summed E-state index contributed by atoms with van der Waals surface area (Å²) in [5, 5.41) is 5.90. The van der Waals surface area contributed by atoms with Crippen LogP contribution in [0.5, 0.6) is 0 Å². The van der Waals surface area contributed by atoms with Crippen LogP contribution in [0.1, 0.15) is 26.4 Å². The van der Waals surface area contributed by atoms with E-state index in [2.05, 4.69) is 20.6 Å². The predicted molar refractivity (Wildman–Crippen MR) is 101 cm³/mol. The molecule has 0 aliphatic rings. The fourth-order valence-corrected chi connectivity index (χ4v) is 2.41. The maximum atomic E-state index is 12.3. The van der Waals surface area contributed by atoms with Crippen LogP contribution >= 0.6 is 0 Å². The van der Waals surface area contributed by atoms with E-state index in [0.717, 1.165) is 5.69 Å². The Morgan fingerprint density at radius 2 is 1.85 bits per heavy atom. The minimum atomic E-state index is -0.422. The zero-order valence-electron chi connectivity index (χ0n) is 14.7. The lowest BCUT2D eigenvalue weighted by molar-refractivity contribution is 0.0600. The van der Waals surface area contributed by atoms with Crippen LogP contribution < -0.4 is 10.6 Å². The second kappa shape index (κ2) is 8.57. The Bertz CT molecular complexity index is 945. The van der Waals surface area contributed by atoms with Crippen molar-refractivity contribution >= 4 is 23.4 Å². The highest BCUT2D eigenvalue weighted by atomic mass is 16.5. The normalized spacial score (nSPS) is 10.1. The lowest BCUT2D eigenvalue weighted by Gasteiger charge is -2.09. The number of hydrogen-bond acceptors (Lipinski definition) is 6. The van der Waals surface area contributed by atoms with E-state index < -0.39 is 5.97 Å². The molecule has 27 heavy (non-hydrogen) atoms. The van der Waals surface area contributed by atoms with Crippen LogP contribution in [-0.4, -0.2) is 29.0 Å². The molecule has 7 heteroatoms. The van der Waals surface area contributed by atoms with E-state index >= 15 is 0 Å². The van der Waals surface area contributed by atoms with Gasteiger partial charge < -0.3 is 15.4 Å². The molecule has 0 aliphatic carbocycles. The molecule has 3 rings (SSSR count). The monoisotopic (exact) mass is 362 g/mol. The second-order valence-electron chi connectivity index (χ2n) is 5.63. The van der Waals surface area contributed by atoms with Crippen molar-refractivity contribution < 1.29 is 14.3 Å². The SMILES string of the molecule is COC(=O)c1cccc(Nc2cc(C(=O)NCc3ccccn3)ccn2)c1. The standard InChI is InChI=1S/C20H18N4O3/c1-27-20(26)15-5-4-7-16(11-15)24-18-12-14(8-10-22-18)19(25)23-13-17-6-2-3-9-21-17/h2-12H,13H2,1H3,(H,22,24)(H,23,25). The molecule has 0 bridgehead atoms. The first-order chi connectivity index (χ1) is 13.2. The van der Waals surface area contributed by atoms with Crippen LogP contribution in [0.15, 0.2) is 67.0 Å². The zero-order valence-corrected chi connectivity index (χ0v) is 14.7. The molecule has 0 saturated heterocycles. The second-order valence-corrected chi connectivity index (χ2v) is 5.63. The molecule has 0 unspecified atom stereocenters. The van der Waals surface area contributed by atoms with Crippen molar-refractivity contribution in [1.29, 1.82) is 0 Å². The van der Waals surface area contributed by atoms with Gasteiger partial charge in [-0.25, -0.2) is 9.78 Å². The van der Waals surface area contributed by atoms with Gasteiger partial charge in [-0.3, -0.25) is 9.78 Å². The molecule has 136 valence electrons. The minimum Gasteiger partial charge on any atom is -0.465 e. The van der Waals surface area contributed by atoms with Gasteiger partial charge in [-0.1, -0.05) is 12.1 Å². The number of pyridine rings is 2. The predicted octanol–water partition coefficient (Wildman–Crippen LogP) is 2.94. The molecule has 7 nitrogen and oxygen atoms in total. The van der Waals surface area contributed by atoms with Crippen molar-refractivity contribution in [3.8, 4) is 0 Å². The van der Waals surface area contributed by atoms with Crippen LogP contribution in [0.25, 0.3) is 0 Å². The molecule has 2 heterocycles. The number of carbonyl (C=O) groups excluding carboxylic acids is 2. The molecule has 2 N–H and O–H groups in total. The van der Waals surface area contributed by atoms with Crippen LogP contribution in [0, 0.1) is 0 Å². The number of aromatic nitrogens is 2. The Morgan fingerprint density at radius 3 is 2.63 bits per heavy atom. The summed E-state index contributed by atoms with van der Waals surface area (Å²) in [6, 6.07) is 15.6. The lowest BCUT2D eigenvalue weighted by atomic mass is 10.2. The van der Waals surface area contributed by atoms with E-state index in [1.807, 2.05) is 18.2 Å². The molecule has 3 aromatic rings. The number of rotatable bonds is 6. The van der Waals surface area contributed by atoms with Crippen LogP contribution in [0.4, 0.5) is 11.5 Å². The number of hydrogen-bond donors (Lipinski definition) is 2. The van der Waals surface area contributed by atoms with Crippen molar-refractivity contribution in [3.05, 3.63) is 83.8 Å². The third kappa shape index (κ3) is 4.88. The van der Waals surface area contributed by atoms with Crippen molar-refractivity contribution in [3.63, 3.8) is 0 Å². The van der Waals surface area contributed by atoms with Gasteiger partial charge in [0, 0.05) is 23.6 Å².